The number of fused-ring (bicyclic) bond motifs is 1. The van der Waals surface area contributed by atoms with Crippen LogP contribution in [-0.2, 0) is 4.74 Å². The molecule has 0 saturated carbocycles. The molecule has 148 valence electrons. The zero-order chi connectivity index (χ0) is 20.1. The third kappa shape index (κ3) is 4.02. The van der Waals surface area contributed by atoms with Crippen molar-refractivity contribution in [2.75, 3.05) is 37.0 Å². The minimum Gasteiger partial charge on any atom is -0.383 e. The Morgan fingerprint density at radius 3 is 2.79 bits per heavy atom. The average molecular weight is 380 g/mol. The standard InChI is InChI=1S/C22H29N5O/c1-6-12-26(13-14-28-5)22-17(4)21(25-20-10-11-23-27(20)22)24-19-9-8-16(3)15-18(19)7-2/h7-11,15H,2,6,12-14H2,1,3-5H3,(H,24,25). The summed E-state index contributed by atoms with van der Waals surface area (Å²) in [4.78, 5) is 7.12. The van der Waals surface area contributed by atoms with Crippen LogP contribution in [0.5, 0.6) is 0 Å². The van der Waals surface area contributed by atoms with E-state index in [0.29, 0.717) is 6.61 Å². The zero-order valence-electron chi connectivity index (χ0n) is 17.2. The number of methoxy groups -OCH3 is 1. The predicted molar refractivity (Wildman–Crippen MR) is 117 cm³/mol. The van der Waals surface area contributed by atoms with Crippen molar-refractivity contribution in [1.82, 2.24) is 14.6 Å². The van der Waals surface area contributed by atoms with Gasteiger partial charge in [-0.2, -0.15) is 9.61 Å². The van der Waals surface area contributed by atoms with Gasteiger partial charge in [0.15, 0.2) is 5.65 Å². The fourth-order valence-corrected chi connectivity index (χ4v) is 3.39. The molecular formula is C22H29N5O. The van der Waals surface area contributed by atoms with Gasteiger partial charge in [-0.25, -0.2) is 4.98 Å². The summed E-state index contributed by atoms with van der Waals surface area (Å²) in [6, 6.07) is 8.20. The van der Waals surface area contributed by atoms with E-state index in [1.54, 1.807) is 13.3 Å². The van der Waals surface area contributed by atoms with E-state index in [9.17, 15) is 0 Å². The molecule has 28 heavy (non-hydrogen) atoms. The lowest BCUT2D eigenvalue weighted by Crippen LogP contribution is -2.31. The van der Waals surface area contributed by atoms with Gasteiger partial charge < -0.3 is 15.0 Å². The van der Waals surface area contributed by atoms with Crippen LogP contribution in [0.3, 0.4) is 0 Å². The Balaban J connectivity index is 2.09. The van der Waals surface area contributed by atoms with Crippen molar-refractivity contribution in [1.29, 1.82) is 0 Å². The topological polar surface area (TPSA) is 54.7 Å². The first kappa shape index (κ1) is 19.9. The molecule has 0 atom stereocenters. The second kappa shape index (κ2) is 8.89. The van der Waals surface area contributed by atoms with Gasteiger partial charge in [-0.1, -0.05) is 31.2 Å². The smallest absolute Gasteiger partial charge is 0.159 e. The maximum atomic E-state index is 5.33. The van der Waals surface area contributed by atoms with Gasteiger partial charge in [0.05, 0.1) is 12.8 Å². The number of hydrogen-bond donors (Lipinski definition) is 1. The summed E-state index contributed by atoms with van der Waals surface area (Å²) in [7, 11) is 1.73. The lowest BCUT2D eigenvalue weighted by atomic mass is 10.1. The molecule has 0 aliphatic carbocycles. The lowest BCUT2D eigenvalue weighted by molar-refractivity contribution is 0.205. The van der Waals surface area contributed by atoms with Crippen molar-refractivity contribution in [3.05, 3.63) is 53.7 Å². The normalized spacial score (nSPS) is 11.0. The molecule has 0 unspecified atom stereocenters. The summed E-state index contributed by atoms with van der Waals surface area (Å²) in [5.41, 5.74) is 5.11. The second-order valence-electron chi connectivity index (χ2n) is 6.91. The van der Waals surface area contributed by atoms with Crippen LogP contribution in [-0.4, -0.2) is 41.4 Å². The van der Waals surface area contributed by atoms with Gasteiger partial charge in [0.25, 0.3) is 0 Å². The largest absolute Gasteiger partial charge is 0.383 e. The number of ether oxygens (including phenoxy) is 1. The molecule has 1 N–H and O–H groups in total. The van der Waals surface area contributed by atoms with Crippen LogP contribution in [0.4, 0.5) is 17.3 Å². The van der Waals surface area contributed by atoms with Gasteiger partial charge in [-0.3, -0.25) is 0 Å². The van der Waals surface area contributed by atoms with E-state index in [1.807, 2.05) is 16.7 Å². The maximum absolute atomic E-state index is 5.33. The van der Waals surface area contributed by atoms with Crippen LogP contribution in [0.2, 0.25) is 0 Å². The number of aromatic nitrogens is 3. The first-order valence-electron chi connectivity index (χ1n) is 9.67. The minimum absolute atomic E-state index is 0.659. The molecule has 0 spiro atoms. The quantitative estimate of drug-likeness (QED) is 0.589. The fraction of sp³-hybridized carbons (Fsp3) is 0.364. The molecule has 1 aromatic carbocycles. The Bertz CT molecular complexity index is 963. The van der Waals surface area contributed by atoms with E-state index < -0.39 is 0 Å². The predicted octanol–water partition coefficient (Wildman–Crippen LogP) is 4.60. The second-order valence-corrected chi connectivity index (χ2v) is 6.91. The van der Waals surface area contributed by atoms with Crippen molar-refractivity contribution < 1.29 is 4.74 Å². The molecule has 3 rings (SSSR count). The third-order valence-corrected chi connectivity index (χ3v) is 4.78. The highest BCUT2D eigenvalue weighted by atomic mass is 16.5. The van der Waals surface area contributed by atoms with Crippen LogP contribution in [0.15, 0.2) is 37.0 Å². The van der Waals surface area contributed by atoms with Crippen molar-refractivity contribution in [3.8, 4) is 0 Å². The number of aryl methyl sites for hydroxylation is 1. The van der Waals surface area contributed by atoms with E-state index in [-0.39, 0.29) is 0 Å². The van der Waals surface area contributed by atoms with Crippen LogP contribution >= 0.6 is 0 Å². The Morgan fingerprint density at radius 1 is 1.25 bits per heavy atom. The van der Waals surface area contributed by atoms with Crippen LogP contribution < -0.4 is 10.2 Å². The summed E-state index contributed by atoms with van der Waals surface area (Å²) in [5, 5.41) is 8.02. The van der Waals surface area contributed by atoms with E-state index in [1.165, 1.54) is 5.56 Å². The van der Waals surface area contributed by atoms with Gasteiger partial charge in [-0.05, 0) is 38.0 Å². The highest BCUT2D eigenvalue weighted by molar-refractivity contribution is 5.75. The Hall–Kier alpha value is -2.86. The van der Waals surface area contributed by atoms with E-state index in [0.717, 1.165) is 53.6 Å². The summed E-state index contributed by atoms with van der Waals surface area (Å²) < 4.78 is 7.24. The van der Waals surface area contributed by atoms with Crippen LogP contribution in [0.25, 0.3) is 11.7 Å². The molecule has 0 saturated heterocycles. The zero-order valence-corrected chi connectivity index (χ0v) is 17.2. The first-order chi connectivity index (χ1) is 13.6. The molecular weight excluding hydrogens is 350 g/mol. The minimum atomic E-state index is 0.659. The molecule has 2 aromatic heterocycles. The van der Waals surface area contributed by atoms with Crippen molar-refractivity contribution >= 4 is 29.0 Å². The summed E-state index contributed by atoms with van der Waals surface area (Å²) in [5.74, 6) is 1.87. The van der Waals surface area contributed by atoms with Crippen molar-refractivity contribution in [3.63, 3.8) is 0 Å². The lowest BCUT2D eigenvalue weighted by Gasteiger charge is -2.27. The van der Waals surface area contributed by atoms with Gasteiger partial charge >= 0.3 is 0 Å². The Labute approximate surface area is 166 Å². The third-order valence-electron chi connectivity index (χ3n) is 4.78. The SMILES string of the molecule is C=Cc1cc(C)ccc1Nc1nc2ccnn2c(N(CCC)CCOC)c1C. The molecule has 0 amide bonds. The molecule has 0 aliphatic heterocycles. The van der Waals surface area contributed by atoms with Gasteiger partial charge in [0.2, 0.25) is 0 Å². The summed E-state index contributed by atoms with van der Waals surface area (Å²) in [6.45, 7) is 12.7. The number of benzene rings is 1. The summed E-state index contributed by atoms with van der Waals surface area (Å²) >= 11 is 0. The van der Waals surface area contributed by atoms with Crippen LogP contribution in [0, 0.1) is 13.8 Å². The number of anilines is 3. The van der Waals surface area contributed by atoms with E-state index >= 15 is 0 Å². The van der Waals surface area contributed by atoms with Gasteiger partial charge in [0.1, 0.15) is 11.6 Å². The molecule has 2 heterocycles. The Morgan fingerprint density at radius 2 is 2.07 bits per heavy atom. The van der Waals surface area contributed by atoms with Crippen molar-refractivity contribution in [2.45, 2.75) is 27.2 Å². The molecule has 0 fully saturated rings. The summed E-state index contributed by atoms with van der Waals surface area (Å²) in [6.07, 6.45) is 4.69. The first-order valence-corrected chi connectivity index (χ1v) is 9.67. The Kier molecular flexibility index (Phi) is 6.31. The molecule has 0 aliphatic rings. The number of hydrogen-bond acceptors (Lipinski definition) is 5. The van der Waals surface area contributed by atoms with Gasteiger partial charge in [-0.15, -0.1) is 0 Å². The van der Waals surface area contributed by atoms with E-state index in [2.05, 4.69) is 60.9 Å². The molecule has 6 nitrogen and oxygen atoms in total. The molecule has 6 heteroatoms. The van der Waals surface area contributed by atoms with Crippen molar-refractivity contribution in [2.24, 2.45) is 0 Å². The molecule has 0 radical (unpaired) electrons. The highest BCUT2D eigenvalue weighted by Gasteiger charge is 2.18. The van der Waals surface area contributed by atoms with Gasteiger partial charge in [0, 0.05) is 37.5 Å². The van der Waals surface area contributed by atoms with Crippen LogP contribution in [0.1, 0.15) is 30.0 Å². The molecule has 0 bridgehead atoms. The van der Waals surface area contributed by atoms with E-state index in [4.69, 9.17) is 9.72 Å². The monoisotopic (exact) mass is 379 g/mol. The maximum Gasteiger partial charge on any atom is 0.159 e. The average Bonchev–Trinajstić information content (AvgIpc) is 3.15. The number of nitrogens with one attached hydrogen (secondary N) is 1. The molecule has 3 aromatic rings. The fourth-order valence-electron chi connectivity index (χ4n) is 3.39. The number of rotatable bonds is 9. The highest BCUT2D eigenvalue weighted by Crippen LogP contribution is 2.30. The number of nitrogens with zero attached hydrogens (tertiary/aromatic N) is 4.